The zero-order chi connectivity index (χ0) is 18.6. The summed E-state index contributed by atoms with van der Waals surface area (Å²) < 4.78 is 7.26. The molecular weight excluding hydrogens is 344 g/mol. The Morgan fingerprint density at radius 3 is 2.78 bits per heavy atom. The first-order valence-corrected chi connectivity index (χ1v) is 8.76. The molecule has 1 aromatic carbocycles. The highest BCUT2D eigenvalue weighted by Crippen LogP contribution is 2.21. The van der Waals surface area contributed by atoms with Crippen molar-refractivity contribution in [2.45, 2.75) is 13.0 Å². The minimum atomic E-state index is -0.232. The van der Waals surface area contributed by atoms with E-state index in [1.54, 1.807) is 18.6 Å². The minimum absolute atomic E-state index is 0.0531. The van der Waals surface area contributed by atoms with Crippen LogP contribution >= 0.6 is 0 Å². The molecule has 8 heteroatoms. The second-order valence-corrected chi connectivity index (χ2v) is 6.33. The number of rotatable bonds is 4. The van der Waals surface area contributed by atoms with Crippen LogP contribution in [0.25, 0.3) is 5.82 Å². The molecule has 1 atom stereocenters. The number of ether oxygens (including phenoxy) is 1. The molecule has 1 saturated heterocycles. The predicted octanol–water partition coefficient (Wildman–Crippen LogP) is 1.88. The number of benzene rings is 1. The highest BCUT2D eigenvalue weighted by Gasteiger charge is 2.16. The Bertz CT molecular complexity index is 914. The molecule has 8 nitrogen and oxygen atoms in total. The molecule has 2 aromatic heterocycles. The van der Waals surface area contributed by atoms with Crippen molar-refractivity contribution in [2.75, 3.05) is 25.0 Å². The summed E-state index contributed by atoms with van der Waals surface area (Å²) >= 11 is 0. The summed E-state index contributed by atoms with van der Waals surface area (Å²) in [6, 6.07) is 7.69. The first kappa shape index (κ1) is 17.3. The van der Waals surface area contributed by atoms with Gasteiger partial charge in [-0.3, -0.25) is 9.78 Å². The van der Waals surface area contributed by atoms with Gasteiger partial charge in [0.25, 0.3) is 5.91 Å². The Labute approximate surface area is 156 Å². The second kappa shape index (κ2) is 7.65. The van der Waals surface area contributed by atoms with E-state index in [4.69, 9.17) is 4.74 Å². The van der Waals surface area contributed by atoms with Gasteiger partial charge in [-0.05, 0) is 24.6 Å². The van der Waals surface area contributed by atoms with Crippen LogP contribution < -0.4 is 10.6 Å². The van der Waals surface area contributed by atoms with Crippen LogP contribution in [0.2, 0.25) is 0 Å². The van der Waals surface area contributed by atoms with E-state index in [1.807, 2.05) is 31.2 Å². The van der Waals surface area contributed by atoms with E-state index in [0.29, 0.717) is 18.0 Å². The highest BCUT2D eigenvalue weighted by atomic mass is 16.5. The minimum Gasteiger partial charge on any atom is -0.371 e. The van der Waals surface area contributed by atoms with Gasteiger partial charge in [-0.1, -0.05) is 12.1 Å². The fourth-order valence-corrected chi connectivity index (χ4v) is 2.83. The van der Waals surface area contributed by atoms with Crippen molar-refractivity contribution in [2.24, 2.45) is 0 Å². The molecular formula is C19H20N6O2. The largest absolute Gasteiger partial charge is 0.371 e. The Morgan fingerprint density at radius 1 is 1.22 bits per heavy atom. The van der Waals surface area contributed by atoms with Gasteiger partial charge in [0.1, 0.15) is 0 Å². The number of aryl methyl sites for hydroxylation is 1. The van der Waals surface area contributed by atoms with E-state index in [0.717, 1.165) is 30.0 Å². The molecule has 4 rings (SSSR count). The van der Waals surface area contributed by atoms with E-state index in [9.17, 15) is 4.79 Å². The van der Waals surface area contributed by atoms with Crippen LogP contribution in [0.4, 0.5) is 5.69 Å². The number of anilines is 1. The van der Waals surface area contributed by atoms with Gasteiger partial charge in [-0.25, -0.2) is 9.67 Å². The number of morpholine rings is 1. The van der Waals surface area contributed by atoms with E-state index < -0.39 is 0 Å². The highest BCUT2D eigenvalue weighted by molar-refractivity contribution is 6.03. The number of nitrogens with zero attached hydrogens (tertiary/aromatic N) is 4. The number of aromatic nitrogens is 4. The first-order valence-electron chi connectivity index (χ1n) is 8.76. The molecule has 1 fully saturated rings. The molecule has 0 bridgehead atoms. The van der Waals surface area contributed by atoms with Crippen molar-refractivity contribution >= 4 is 11.6 Å². The fourth-order valence-electron chi connectivity index (χ4n) is 2.83. The van der Waals surface area contributed by atoms with Crippen LogP contribution in [0.5, 0.6) is 0 Å². The van der Waals surface area contributed by atoms with Gasteiger partial charge >= 0.3 is 0 Å². The lowest BCUT2D eigenvalue weighted by molar-refractivity contribution is 0.0277. The average Bonchev–Trinajstić information content (AvgIpc) is 3.20. The van der Waals surface area contributed by atoms with Crippen LogP contribution in [0, 0.1) is 6.92 Å². The molecule has 0 radical (unpaired) electrons. The quantitative estimate of drug-likeness (QED) is 0.734. The Balaban J connectivity index is 1.42. The normalized spacial score (nSPS) is 16.9. The summed E-state index contributed by atoms with van der Waals surface area (Å²) in [5, 5.41) is 10.4. The van der Waals surface area contributed by atoms with E-state index in [-0.39, 0.29) is 12.0 Å². The Morgan fingerprint density at radius 2 is 2.07 bits per heavy atom. The third kappa shape index (κ3) is 4.02. The summed E-state index contributed by atoms with van der Waals surface area (Å²) in [5.74, 6) is 0.328. The molecule has 1 aliphatic heterocycles. The van der Waals surface area contributed by atoms with Gasteiger partial charge in [0, 0.05) is 25.0 Å². The molecule has 0 unspecified atom stereocenters. The molecule has 138 valence electrons. The van der Waals surface area contributed by atoms with Crippen molar-refractivity contribution in [1.82, 2.24) is 25.1 Å². The van der Waals surface area contributed by atoms with Gasteiger partial charge in [0.2, 0.25) is 0 Å². The van der Waals surface area contributed by atoms with Gasteiger partial charge in [-0.15, -0.1) is 0 Å². The van der Waals surface area contributed by atoms with E-state index in [2.05, 4.69) is 25.7 Å². The molecule has 27 heavy (non-hydrogen) atoms. The Hall–Kier alpha value is -3.10. The van der Waals surface area contributed by atoms with Crippen LogP contribution in [0.15, 0.2) is 49.1 Å². The molecule has 1 amide bonds. The average molecular weight is 364 g/mol. The number of hydrogen-bond acceptors (Lipinski definition) is 6. The van der Waals surface area contributed by atoms with Crippen LogP contribution in [0.3, 0.4) is 0 Å². The summed E-state index contributed by atoms with van der Waals surface area (Å²) in [6.07, 6.45) is 6.46. The van der Waals surface area contributed by atoms with Gasteiger partial charge < -0.3 is 15.4 Å². The zero-order valence-electron chi connectivity index (χ0n) is 14.9. The monoisotopic (exact) mass is 364 g/mol. The summed E-state index contributed by atoms with van der Waals surface area (Å²) in [5.41, 5.74) is 3.07. The van der Waals surface area contributed by atoms with Crippen LogP contribution in [-0.4, -0.2) is 45.4 Å². The number of carbonyl (C=O) groups excluding carboxylic acids is 1. The molecule has 2 N–H and O–H groups in total. The maximum absolute atomic E-state index is 12.5. The molecule has 0 spiro atoms. The van der Waals surface area contributed by atoms with Crippen molar-refractivity contribution in [3.63, 3.8) is 0 Å². The topological polar surface area (TPSA) is 94.0 Å². The third-order valence-electron chi connectivity index (χ3n) is 4.31. The van der Waals surface area contributed by atoms with Crippen LogP contribution in [0.1, 0.15) is 27.7 Å². The number of amides is 1. The zero-order valence-corrected chi connectivity index (χ0v) is 14.9. The maximum Gasteiger partial charge on any atom is 0.258 e. The first-order chi connectivity index (χ1) is 13.2. The maximum atomic E-state index is 12.5. The number of hydrogen-bond donors (Lipinski definition) is 2. The summed E-state index contributed by atoms with van der Waals surface area (Å²) in [6.45, 7) is 4.25. The standard InChI is InChI=1S/C19H20N6O2/c1-13-8-22-18(11-21-13)25-12-15(9-23-25)19(26)24-16-4-2-14(3-5-16)17-10-20-6-7-27-17/h2-5,8-9,11-12,17,20H,6-7,10H2,1H3,(H,24,26)/t17-/m1/s1. The van der Waals surface area contributed by atoms with Crippen molar-refractivity contribution in [1.29, 1.82) is 0 Å². The number of nitrogens with one attached hydrogen (secondary N) is 2. The van der Waals surface area contributed by atoms with Gasteiger partial charge in [0.05, 0.1) is 42.6 Å². The SMILES string of the molecule is Cc1cnc(-n2cc(C(=O)Nc3ccc([C@H]4CNCCO4)cc3)cn2)cn1. The van der Waals surface area contributed by atoms with E-state index in [1.165, 1.54) is 10.9 Å². The van der Waals surface area contributed by atoms with Gasteiger partial charge in [0.15, 0.2) is 5.82 Å². The molecule has 0 saturated carbocycles. The third-order valence-corrected chi connectivity index (χ3v) is 4.31. The van der Waals surface area contributed by atoms with Gasteiger partial charge in [-0.2, -0.15) is 5.10 Å². The van der Waals surface area contributed by atoms with Crippen molar-refractivity contribution < 1.29 is 9.53 Å². The number of carbonyl (C=O) groups is 1. The van der Waals surface area contributed by atoms with Crippen LogP contribution in [-0.2, 0) is 4.74 Å². The molecule has 1 aliphatic rings. The molecule has 3 heterocycles. The van der Waals surface area contributed by atoms with Crippen molar-refractivity contribution in [3.05, 3.63) is 65.9 Å². The fraction of sp³-hybridized carbons (Fsp3) is 0.263. The van der Waals surface area contributed by atoms with E-state index >= 15 is 0 Å². The smallest absolute Gasteiger partial charge is 0.258 e. The molecule has 0 aliphatic carbocycles. The lowest BCUT2D eigenvalue weighted by Crippen LogP contribution is -2.33. The lowest BCUT2D eigenvalue weighted by atomic mass is 10.1. The lowest BCUT2D eigenvalue weighted by Gasteiger charge is -2.24. The Kier molecular flexibility index (Phi) is 4.91. The summed E-state index contributed by atoms with van der Waals surface area (Å²) in [7, 11) is 0. The van der Waals surface area contributed by atoms with Crippen molar-refractivity contribution in [3.8, 4) is 5.82 Å². The second-order valence-electron chi connectivity index (χ2n) is 6.33. The predicted molar refractivity (Wildman–Crippen MR) is 99.8 cm³/mol. The molecule has 3 aromatic rings. The summed E-state index contributed by atoms with van der Waals surface area (Å²) in [4.78, 5) is 20.9.